The summed E-state index contributed by atoms with van der Waals surface area (Å²) >= 11 is 0. The molecule has 1 atom stereocenters. The molecule has 0 amide bonds. The van der Waals surface area contributed by atoms with E-state index in [9.17, 15) is 0 Å². The summed E-state index contributed by atoms with van der Waals surface area (Å²) in [5, 5.41) is 7.96. The fraction of sp³-hybridized carbons (Fsp3) is 0.500. The molecule has 2 aromatic heterocycles. The first-order valence-corrected chi connectivity index (χ1v) is 6.04. The molecule has 1 fully saturated rings. The molecule has 0 bridgehead atoms. The van der Waals surface area contributed by atoms with Crippen LogP contribution in [-0.2, 0) is 0 Å². The molecule has 2 aromatic rings. The van der Waals surface area contributed by atoms with Crippen molar-refractivity contribution in [3.63, 3.8) is 0 Å². The van der Waals surface area contributed by atoms with Crippen molar-refractivity contribution in [2.45, 2.75) is 19.9 Å². The Morgan fingerprint density at radius 3 is 3.12 bits per heavy atom. The summed E-state index contributed by atoms with van der Waals surface area (Å²) in [6.45, 7) is 7.19. The molecule has 0 spiro atoms. The van der Waals surface area contributed by atoms with E-state index in [1.165, 1.54) is 5.56 Å². The third-order valence-corrected chi connectivity index (χ3v) is 3.12. The van der Waals surface area contributed by atoms with Crippen LogP contribution in [0.3, 0.4) is 0 Å². The highest BCUT2D eigenvalue weighted by Gasteiger charge is 2.19. The minimum atomic E-state index is 0.497. The quantitative estimate of drug-likeness (QED) is 0.790. The number of hydrogen-bond donors (Lipinski definition) is 1. The van der Waals surface area contributed by atoms with Crippen LogP contribution >= 0.6 is 0 Å². The van der Waals surface area contributed by atoms with Crippen molar-refractivity contribution in [2.24, 2.45) is 0 Å². The average Bonchev–Trinajstić information content (AvgIpc) is 2.72. The van der Waals surface area contributed by atoms with Gasteiger partial charge < -0.3 is 10.2 Å². The number of piperazine rings is 1. The summed E-state index contributed by atoms with van der Waals surface area (Å²) in [7, 11) is 0. The van der Waals surface area contributed by atoms with Gasteiger partial charge in [-0.1, -0.05) is 6.07 Å². The Labute approximate surface area is 100 Å². The molecule has 1 aliphatic heterocycles. The van der Waals surface area contributed by atoms with E-state index < -0.39 is 0 Å². The molecule has 1 aliphatic rings. The minimum absolute atomic E-state index is 0.497. The molecule has 5 heteroatoms. The Morgan fingerprint density at radius 2 is 2.29 bits per heavy atom. The predicted molar refractivity (Wildman–Crippen MR) is 67.4 cm³/mol. The number of hydrogen-bond acceptors (Lipinski definition) is 4. The molecule has 90 valence electrons. The number of nitrogens with zero attached hydrogens (tertiary/aromatic N) is 4. The molecule has 0 radical (unpaired) electrons. The van der Waals surface area contributed by atoms with Gasteiger partial charge in [0.15, 0.2) is 5.65 Å². The van der Waals surface area contributed by atoms with E-state index in [-0.39, 0.29) is 0 Å². The van der Waals surface area contributed by atoms with Gasteiger partial charge in [0.2, 0.25) is 5.95 Å². The van der Waals surface area contributed by atoms with Crippen LogP contribution < -0.4 is 10.2 Å². The second kappa shape index (κ2) is 4.00. The lowest BCUT2D eigenvalue weighted by molar-refractivity contribution is 0.479. The average molecular weight is 231 g/mol. The maximum absolute atomic E-state index is 4.56. The van der Waals surface area contributed by atoms with E-state index in [1.54, 1.807) is 0 Å². The van der Waals surface area contributed by atoms with Crippen LogP contribution in [0.1, 0.15) is 12.5 Å². The normalized spacial score (nSPS) is 21.1. The van der Waals surface area contributed by atoms with Crippen LogP contribution in [-0.4, -0.2) is 40.3 Å². The summed E-state index contributed by atoms with van der Waals surface area (Å²) in [5.74, 6) is 0.837. The third kappa shape index (κ3) is 1.98. The number of nitrogens with one attached hydrogen (secondary N) is 1. The number of anilines is 1. The van der Waals surface area contributed by atoms with E-state index in [4.69, 9.17) is 0 Å². The van der Waals surface area contributed by atoms with E-state index in [0.29, 0.717) is 6.04 Å². The van der Waals surface area contributed by atoms with Crippen LogP contribution in [0.4, 0.5) is 5.95 Å². The van der Waals surface area contributed by atoms with Crippen LogP contribution in [0.25, 0.3) is 5.65 Å². The van der Waals surface area contributed by atoms with Crippen molar-refractivity contribution in [1.29, 1.82) is 0 Å². The highest BCUT2D eigenvalue weighted by molar-refractivity contribution is 5.45. The number of aromatic nitrogens is 3. The van der Waals surface area contributed by atoms with Gasteiger partial charge in [0.05, 0.1) is 0 Å². The largest absolute Gasteiger partial charge is 0.337 e. The van der Waals surface area contributed by atoms with Crippen molar-refractivity contribution in [1.82, 2.24) is 19.9 Å². The van der Waals surface area contributed by atoms with Crippen molar-refractivity contribution in [3.05, 3.63) is 23.9 Å². The summed E-state index contributed by atoms with van der Waals surface area (Å²) < 4.78 is 1.86. The van der Waals surface area contributed by atoms with Crippen LogP contribution in [0.5, 0.6) is 0 Å². The van der Waals surface area contributed by atoms with Crippen LogP contribution in [0.2, 0.25) is 0 Å². The predicted octanol–water partition coefficient (Wildman–Crippen LogP) is 0.836. The number of fused-ring (bicyclic) bond motifs is 1. The molecule has 3 rings (SSSR count). The number of rotatable bonds is 1. The van der Waals surface area contributed by atoms with Crippen molar-refractivity contribution in [2.75, 3.05) is 24.5 Å². The molecule has 0 saturated carbocycles. The van der Waals surface area contributed by atoms with Gasteiger partial charge in [0.25, 0.3) is 0 Å². The molecular formula is C12H17N5. The molecule has 1 unspecified atom stereocenters. The maximum atomic E-state index is 4.56. The van der Waals surface area contributed by atoms with Crippen molar-refractivity contribution in [3.8, 4) is 0 Å². The lowest BCUT2D eigenvalue weighted by Gasteiger charge is -2.30. The lowest BCUT2D eigenvalue weighted by atomic mass is 10.2. The van der Waals surface area contributed by atoms with Gasteiger partial charge in [-0.05, 0) is 25.5 Å². The molecule has 0 aromatic carbocycles. The Balaban J connectivity index is 1.94. The molecule has 5 nitrogen and oxygen atoms in total. The van der Waals surface area contributed by atoms with Gasteiger partial charge in [-0.3, -0.25) is 0 Å². The Kier molecular flexibility index (Phi) is 2.48. The van der Waals surface area contributed by atoms with Crippen molar-refractivity contribution < 1.29 is 0 Å². The Morgan fingerprint density at radius 1 is 1.41 bits per heavy atom. The fourth-order valence-electron chi connectivity index (χ4n) is 2.22. The SMILES string of the molecule is Cc1ccc2nc(N3CCNC(C)C3)nn2c1. The maximum Gasteiger partial charge on any atom is 0.245 e. The fourth-order valence-corrected chi connectivity index (χ4v) is 2.22. The van der Waals surface area contributed by atoms with Gasteiger partial charge >= 0.3 is 0 Å². The van der Waals surface area contributed by atoms with E-state index in [1.807, 2.05) is 16.8 Å². The molecule has 17 heavy (non-hydrogen) atoms. The molecule has 0 aliphatic carbocycles. The summed E-state index contributed by atoms with van der Waals surface area (Å²) in [5.41, 5.74) is 2.11. The third-order valence-electron chi connectivity index (χ3n) is 3.12. The number of pyridine rings is 1. The zero-order chi connectivity index (χ0) is 11.8. The topological polar surface area (TPSA) is 45.5 Å². The first-order chi connectivity index (χ1) is 8.22. The van der Waals surface area contributed by atoms with Crippen LogP contribution in [0.15, 0.2) is 18.3 Å². The summed E-state index contributed by atoms with van der Waals surface area (Å²) in [6, 6.07) is 4.57. The highest BCUT2D eigenvalue weighted by Crippen LogP contribution is 2.13. The lowest BCUT2D eigenvalue weighted by Crippen LogP contribution is -2.49. The van der Waals surface area contributed by atoms with Gasteiger partial charge in [-0.2, -0.15) is 4.98 Å². The van der Waals surface area contributed by atoms with E-state index in [2.05, 4.69) is 40.2 Å². The zero-order valence-corrected chi connectivity index (χ0v) is 10.2. The van der Waals surface area contributed by atoms with Gasteiger partial charge in [0, 0.05) is 31.9 Å². The van der Waals surface area contributed by atoms with E-state index in [0.717, 1.165) is 31.2 Å². The van der Waals surface area contributed by atoms with Crippen LogP contribution in [0, 0.1) is 6.92 Å². The van der Waals surface area contributed by atoms with Gasteiger partial charge in [-0.15, -0.1) is 5.10 Å². The second-order valence-corrected chi connectivity index (χ2v) is 4.72. The monoisotopic (exact) mass is 231 g/mol. The molecule has 3 heterocycles. The standard InChI is InChI=1S/C12H17N5/c1-9-3-4-11-14-12(15-17(11)7-9)16-6-5-13-10(2)8-16/h3-4,7,10,13H,5-6,8H2,1-2H3. The first kappa shape index (κ1) is 10.5. The summed E-state index contributed by atoms with van der Waals surface area (Å²) in [6.07, 6.45) is 2.01. The molecular weight excluding hydrogens is 214 g/mol. The number of aryl methyl sites for hydroxylation is 1. The summed E-state index contributed by atoms with van der Waals surface area (Å²) in [4.78, 5) is 6.80. The Bertz CT molecular complexity index is 533. The Hall–Kier alpha value is -1.62. The van der Waals surface area contributed by atoms with E-state index >= 15 is 0 Å². The first-order valence-electron chi connectivity index (χ1n) is 6.04. The molecule has 1 saturated heterocycles. The highest BCUT2D eigenvalue weighted by atomic mass is 15.4. The zero-order valence-electron chi connectivity index (χ0n) is 10.2. The van der Waals surface area contributed by atoms with Gasteiger partial charge in [0.1, 0.15) is 0 Å². The minimum Gasteiger partial charge on any atom is -0.337 e. The second-order valence-electron chi connectivity index (χ2n) is 4.72. The smallest absolute Gasteiger partial charge is 0.245 e. The van der Waals surface area contributed by atoms with Gasteiger partial charge in [-0.25, -0.2) is 4.52 Å². The molecule has 1 N–H and O–H groups in total. The van der Waals surface area contributed by atoms with Crippen molar-refractivity contribution >= 4 is 11.6 Å².